The molecule has 0 aromatic carbocycles. The SMILES string of the molecule is CCCNC1CCN(CC2COCCO2)CC1C. The van der Waals surface area contributed by atoms with E-state index >= 15 is 0 Å². The van der Waals surface area contributed by atoms with E-state index in [9.17, 15) is 0 Å². The van der Waals surface area contributed by atoms with Gasteiger partial charge in [0.15, 0.2) is 0 Å². The molecule has 0 saturated carbocycles. The number of likely N-dealkylation sites (tertiary alicyclic amines) is 1. The molecule has 2 rings (SSSR count). The summed E-state index contributed by atoms with van der Waals surface area (Å²) in [6.07, 6.45) is 2.76. The fraction of sp³-hybridized carbons (Fsp3) is 1.00. The molecule has 0 spiro atoms. The Bertz CT molecular complexity index is 232. The van der Waals surface area contributed by atoms with Crippen LogP contribution in [0.1, 0.15) is 26.7 Å². The number of hydrogen-bond acceptors (Lipinski definition) is 4. The molecule has 0 bridgehead atoms. The smallest absolute Gasteiger partial charge is 0.0936 e. The van der Waals surface area contributed by atoms with E-state index in [0.29, 0.717) is 6.04 Å². The van der Waals surface area contributed by atoms with E-state index < -0.39 is 0 Å². The zero-order valence-corrected chi connectivity index (χ0v) is 11.9. The van der Waals surface area contributed by atoms with Crippen molar-refractivity contribution < 1.29 is 9.47 Å². The van der Waals surface area contributed by atoms with Crippen molar-refractivity contribution in [3.8, 4) is 0 Å². The predicted molar refractivity (Wildman–Crippen MR) is 72.9 cm³/mol. The van der Waals surface area contributed by atoms with Crippen LogP contribution in [0.25, 0.3) is 0 Å². The maximum atomic E-state index is 5.73. The highest BCUT2D eigenvalue weighted by atomic mass is 16.6. The molecule has 0 aliphatic carbocycles. The minimum absolute atomic E-state index is 0.283. The Labute approximate surface area is 111 Å². The molecule has 2 heterocycles. The van der Waals surface area contributed by atoms with Crippen molar-refractivity contribution >= 4 is 0 Å². The van der Waals surface area contributed by atoms with E-state index in [2.05, 4.69) is 24.1 Å². The molecule has 2 aliphatic rings. The Kier molecular flexibility index (Phi) is 5.89. The second-order valence-corrected chi connectivity index (χ2v) is 5.65. The maximum absolute atomic E-state index is 5.73. The molecular formula is C14H28N2O2. The molecule has 2 saturated heterocycles. The van der Waals surface area contributed by atoms with Gasteiger partial charge in [0.2, 0.25) is 0 Å². The monoisotopic (exact) mass is 256 g/mol. The molecule has 0 aromatic rings. The lowest BCUT2D eigenvalue weighted by Crippen LogP contribution is -2.51. The molecule has 0 aromatic heterocycles. The van der Waals surface area contributed by atoms with Gasteiger partial charge < -0.3 is 19.7 Å². The van der Waals surface area contributed by atoms with Crippen LogP contribution in [-0.2, 0) is 9.47 Å². The predicted octanol–water partition coefficient (Wildman–Crippen LogP) is 1.11. The molecule has 0 amide bonds. The molecule has 106 valence electrons. The highest BCUT2D eigenvalue weighted by molar-refractivity contribution is 4.84. The largest absolute Gasteiger partial charge is 0.376 e. The van der Waals surface area contributed by atoms with E-state index in [4.69, 9.17) is 9.47 Å². The van der Waals surface area contributed by atoms with Crippen LogP contribution in [-0.4, -0.2) is 63.0 Å². The molecule has 2 aliphatic heterocycles. The Morgan fingerprint density at radius 2 is 2.22 bits per heavy atom. The van der Waals surface area contributed by atoms with Gasteiger partial charge in [0.25, 0.3) is 0 Å². The summed E-state index contributed by atoms with van der Waals surface area (Å²) in [4.78, 5) is 2.54. The summed E-state index contributed by atoms with van der Waals surface area (Å²) in [6.45, 7) is 11.4. The normalized spacial score (nSPS) is 34.7. The fourth-order valence-electron chi connectivity index (χ4n) is 2.96. The summed E-state index contributed by atoms with van der Waals surface area (Å²) in [5, 5.41) is 3.66. The van der Waals surface area contributed by atoms with E-state index in [0.717, 1.165) is 38.8 Å². The number of nitrogens with one attached hydrogen (secondary N) is 1. The summed E-state index contributed by atoms with van der Waals surface area (Å²) in [5.41, 5.74) is 0. The summed E-state index contributed by atoms with van der Waals surface area (Å²) < 4.78 is 11.2. The molecular weight excluding hydrogens is 228 g/mol. The Morgan fingerprint density at radius 1 is 1.33 bits per heavy atom. The molecule has 3 atom stereocenters. The van der Waals surface area contributed by atoms with Crippen LogP contribution in [0.2, 0.25) is 0 Å². The molecule has 3 unspecified atom stereocenters. The second kappa shape index (κ2) is 7.43. The van der Waals surface area contributed by atoms with Gasteiger partial charge in [-0.15, -0.1) is 0 Å². The highest BCUT2D eigenvalue weighted by Crippen LogP contribution is 2.18. The lowest BCUT2D eigenvalue weighted by molar-refractivity contribution is -0.100. The van der Waals surface area contributed by atoms with Gasteiger partial charge in [0, 0.05) is 19.1 Å². The first-order valence-corrected chi connectivity index (χ1v) is 7.44. The maximum Gasteiger partial charge on any atom is 0.0936 e. The van der Waals surface area contributed by atoms with Crippen molar-refractivity contribution in [2.45, 2.75) is 38.8 Å². The van der Waals surface area contributed by atoms with Crippen LogP contribution in [0.3, 0.4) is 0 Å². The van der Waals surface area contributed by atoms with Crippen molar-refractivity contribution in [1.29, 1.82) is 0 Å². The van der Waals surface area contributed by atoms with Crippen LogP contribution >= 0.6 is 0 Å². The van der Waals surface area contributed by atoms with Gasteiger partial charge in [0.1, 0.15) is 0 Å². The summed E-state index contributed by atoms with van der Waals surface area (Å²) in [5.74, 6) is 0.731. The van der Waals surface area contributed by atoms with Gasteiger partial charge in [-0.05, 0) is 31.8 Å². The van der Waals surface area contributed by atoms with Crippen molar-refractivity contribution in [1.82, 2.24) is 10.2 Å². The van der Waals surface area contributed by atoms with Crippen molar-refractivity contribution in [3.63, 3.8) is 0 Å². The number of nitrogens with zero attached hydrogens (tertiary/aromatic N) is 1. The first-order valence-electron chi connectivity index (χ1n) is 7.44. The average molecular weight is 256 g/mol. The standard InChI is InChI=1S/C14H28N2O2/c1-3-5-15-14-4-6-16(9-12(14)2)10-13-11-17-7-8-18-13/h12-15H,3-11H2,1-2H3. The Balaban J connectivity index is 1.70. The number of rotatable bonds is 5. The van der Waals surface area contributed by atoms with Gasteiger partial charge in [-0.2, -0.15) is 0 Å². The Hall–Kier alpha value is -0.160. The molecule has 1 N–H and O–H groups in total. The minimum Gasteiger partial charge on any atom is -0.376 e. The lowest BCUT2D eigenvalue weighted by Gasteiger charge is -2.39. The van der Waals surface area contributed by atoms with Crippen LogP contribution in [0.15, 0.2) is 0 Å². The van der Waals surface area contributed by atoms with Crippen molar-refractivity contribution in [2.24, 2.45) is 5.92 Å². The first-order chi connectivity index (χ1) is 8.79. The number of hydrogen-bond donors (Lipinski definition) is 1. The van der Waals surface area contributed by atoms with E-state index in [1.807, 2.05) is 0 Å². The van der Waals surface area contributed by atoms with E-state index in [1.165, 1.54) is 25.9 Å². The van der Waals surface area contributed by atoms with Crippen LogP contribution in [0.4, 0.5) is 0 Å². The number of ether oxygens (including phenoxy) is 2. The zero-order valence-electron chi connectivity index (χ0n) is 11.9. The zero-order chi connectivity index (χ0) is 12.8. The summed E-state index contributed by atoms with van der Waals surface area (Å²) in [7, 11) is 0. The third kappa shape index (κ3) is 4.19. The second-order valence-electron chi connectivity index (χ2n) is 5.65. The summed E-state index contributed by atoms with van der Waals surface area (Å²) >= 11 is 0. The topological polar surface area (TPSA) is 33.7 Å². The minimum atomic E-state index is 0.283. The average Bonchev–Trinajstić information content (AvgIpc) is 2.39. The van der Waals surface area contributed by atoms with Gasteiger partial charge in [-0.1, -0.05) is 13.8 Å². The quantitative estimate of drug-likeness (QED) is 0.799. The van der Waals surface area contributed by atoms with Gasteiger partial charge in [-0.3, -0.25) is 0 Å². The fourth-order valence-corrected chi connectivity index (χ4v) is 2.96. The van der Waals surface area contributed by atoms with Crippen LogP contribution < -0.4 is 5.32 Å². The molecule has 0 radical (unpaired) electrons. The van der Waals surface area contributed by atoms with E-state index in [-0.39, 0.29) is 6.10 Å². The molecule has 4 heteroatoms. The third-order valence-electron chi connectivity index (χ3n) is 3.99. The first kappa shape index (κ1) is 14.3. The van der Waals surface area contributed by atoms with Gasteiger partial charge in [0.05, 0.1) is 25.9 Å². The molecule has 18 heavy (non-hydrogen) atoms. The van der Waals surface area contributed by atoms with Gasteiger partial charge >= 0.3 is 0 Å². The lowest BCUT2D eigenvalue weighted by atomic mass is 9.93. The van der Waals surface area contributed by atoms with Gasteiger partial charge in [-0.25, -0.2) is 0 Å². The summed E-state index contributed by atoms with van der Waals surface area (Å²) in [6, 6.07) is 0.699. The number of piperidine rings is 1. The van der Waals surface area contributed by atoms with Crippen molar-refractivity contribution in [2.75, 3.05) is 46.0 Å². The molecule has 2 fully saturated rings. The van der Waals surface area contributed by atoms with E-state index in [1.54, 1.807) is 0 Å². The van der Waals surface area contributed by atoms with Crippen LogP contribution in [0.5, 0.6) is 0 Å². The third-order valence-corrected chi connectivity index (χ3v) is 3.99. The van der Waals surface area contributed by atoms with Crippen molar-refractivity contribution in [3.05, 3.63) is 0 Å². The Morgan fingerprint density at radius 3 is 2.89 bits per heavy atom. The molecule has 4 nitrogen and oxygen atoms in total. The van der Waals surface area contributed by atoms with Crippen LogP contribution in [0, 0.1) is 5.92 Å². The highest BCUT2D eigenvalue weighted by Gasteiger charge is 2.27.